The van der Waals surface area contributed by atoms with Crippen LogP contribution in [0.3, 0.4) is 0 Å². The Balaban J connectivity index is 1.38. The third-order valence-corrected chi connectivity index (χ3v) is 6.17. The van der Waals surface area contributed by atoms with Crippen molar-refractivity contribution >= 4 is 52.7 Å². The van der Waals surface area contributed by atoms with Crippen molar-refractivity contribution in [2.24, 2.45) is 25.9 Å². The lowest BCUT2D eigenvalue weighted by atomic mass is 10.1. The maximum Gasteiger partial charge on any atom is 0.573 e. The van der Waals surface area contributed by atoms with E-state index in [9.17, 15) is 18.0 Å². The summed E-state index contributed by atoms with van der Waals surface area (Å²) in [6.07, 6.45) is 0.375. The summed E-state index contributed by atoms with van der Waals surface area (Å²) in [5, 5.41) is 8.83. The standard InChI is InChI=1S/C26H22F3N7O2S/c1-2-18-4-3-13-31-24(18)36-22(37)15-39-25(36)35-34-14-17-5-7-19(8-6-17)23(30)33-16-32-20-9-11-21(12-10-20)38-26(27,28)29/h3-14,16H,2,15H2,1H3,(H2,30,32,33)/b34-14+,35-25-. The highest BCUT2D eigenvalue weighted by Crippen LogP contribution is 2.28. The summed E-state index contributed by atoms with van der Waals surface area (Å²) in [5.74, 6) is 0.587. The number of benzene rings is 2. The molecule has 0 unspecified atom stereocenters. The van der Waals surface area contributed by atoms with E-state index in [0.29, 0.717) is 22.2 Å². The van der Waals surface area contributed by atoms with Gasteiger partial charge in [0.05, 0.1) is 17.7 Å². The first kappa shape index (κ1) is 27.5. The number of aryl methyl sites for hydroxylation is 1. The number of carbonyl (C=O) groups is 1. The van der Waals surface area contributed by atoms with Crippen molar-refractivity contribution in [3.63, 3.8) is 0 Å². The molecule has 3 aromatic rings. The van der Waals surface area contributed by atoms with E-state index < -0.39 is 6.36 Å². The molecule has 2 heterocycles. The van der Waals surface area contributed by atoms with Gasteiger partial charge in [0.1, 0.15) is 23.7 Å². The van der Waals surface area contributed by atoms with Gasteiger partial charge >= 0.3 is 6.36 Å². The molecule has 2 N–H and O–H groups in total. The number of thioether (sulfide) groups is 1. The molecule has 1 aromatic heterocycles. The number of nitrogens with zero attached hydrogens (tertiary/aromatic N) is 6. The molecule has 9 nitrogen and oxygen atoms in total. The Bertz CT molecular complexity index is 1440. The second kappa shape index (κ2) is 12.3. The Labute approximate surface area is 226 Å². The number of rotatable bonds is 8. The number of hydrogen-bond acceptors (Lipinski definition) is 7. The Kier molecular flexibility index (Phi) is 8.71. The summed E-state index contributed by atoms with van der Waals surface area (Å²) >= 11 is 1.30. The molecule has 1 fully saturated rings. The summed E-state index contributed by atoms with van der Waals surface area (Å²) in [7, 11) is 0. The van der Waals surface area contributed by atoms with Gasteiger partial charge in [-0.25, -0.2) is 19.9 Å². The fourth-order valence-electron chi connectivity index (χ4n) is 3.40. The summed E-state index contributed by atoms with van der Waals surface area (Å²) in [6.45, 7) is 2.00. The first-order valence-corrected chi connectivity index (χ1v) is 12.5. The first-order chi connectivity index (χ1) is 18.7. The zero-order valence-electron chi connectivity index (χ0n) is 20.5. The summed E-state index contributed by atoms with van der Waals surface area (Å²) in [4.78, 5) is 26.4. The number of ether oxygens (including phenoxy) is 1. The molecular formula is C26H22F3N7O2S. The van der Waals surface area contributed by atoms with E-state index in [1.165, 1.54) is 35.1 Å². The number of aromatic nitrogens is 1. The Hall–Kier alpha value is -4.52. The lowest BCUT2D eigenvalue weighted by Gasteiger charge is -2.16. The van der Waals surface area contributed by atoms with Crippen molar-refractivity contribution in [2.75, 3.05) is 10.7 Å². The molecule has 1 amide bonds. The van der Waals surface area contributed by atoms with Crippen LogP contribution in [0.25, 0.3) is 0 Å². The zero-order valence-corrected chi connectivity index (χ0v) is 21.4. The molecule has 1 aliphatic heterocycles. The summed E-state index contributed by atoms with van der Waals surface area (Å²) in [6, 6.07) is 15.8. The van der Waals surface area contributed by atoms with E-state index in [1.807, 2.05) is 19.1 Å². The van der Waals surface area contributed by atoms with E-state index >= 15 is 0 Å². The van der Waals surface area contributed by atoms with E-state index in [-0.39, 0.29) is 23.2 Å². The van der Waals surface area contributed by atoms with E-state index in [2.05, 4.69) is 29.9 Å². The minimum atomic E-state index is -4.76. The predicted molar refractivity (Wildman–Crippen MR) is 147 cm³/mol. The predicted octanol–water partition coefficient (Wildman–Crippen LogP) is 5.08. The first-order valence-electron chi connectivity index (χ1n) is 11.6. The molecule has 4 rings (SSSR count). The highest BCUT2D eigenvalue weighted by atomic mass is 32.2. The fraction of sp³-hybridized carbons (Fsp3) is 0.154. The molecular weight excluding hydrogens is 531 g/mol. The van der Waals surface area contributed by atoms with Crippen LogP contribution in [0, 0.1) is 0 Å². The number of anilines is 1. The molecule has 0 aliphatic carbocycles. The quantitative estimate of drug-likeness (QED) is 0.237. The molecule has 0 saturated carbocycles. The van der Waals surface area contributed by atoms with Crippen LogP contribution in [-0.2, 0) is 11.2 Å². The molecule has 39 heavy (non-hydrogen) atoms. The average molecular weight is 554 g/mol. The van der Waals surface area contributed by atoms with Gasteiger partial charge in [-0.2, -0.15) is 5.10 Å². The second-order valence-electron chi connectivity index (χ2n) is 7.91. The molecule has 0 radical (unpaired) electrons. The largest absolute Gasteiger partial charge is 0.573 e. The van der Waals surface area contributed by atoms with Gasteiger partial charge in [-0.1, -0.05) is 49.0 Å². The second-order valence-corrected chi connectivity index (χ2v) is 8.85. The number of amides is 1. The number of halogens is 3. The van der Waals surface area contributed by atoms with Crippen molar-refractivity contribution < 1.29 is 22.7 Å². The fourth-order valence-corrected chi connectivity index (χ4v) is 4.21. The van der Waals surface area contributed by atoms with Crippen molar-refractivity contribution in [3.8, 4) is 5.75 Å². The van der Waals surface area contributed by atoms with Gasteiger partial charge < -0.3 is 10.5 Å². The van der Waals surface area contributed by atoms with Crippen LogP contribution in [0.1, 0.15) is 23.6 Å². The van der Waals surface area contributed by atoms with Crippen molar-refractivity contribution in [1.82, 2.24) is 4.98 Å². The van der Waals surface area contributed by atoms with E-state index in [0.717, 1.165) is 29.7 Å². The number of aliphatic imine (C=N–C) groups is 2. The number of nitrogens with two attached hydrogens (primary N) is 1. The number of hydrogen-bond donors (Lipinski definition) is 1. The topological polar surface area (TPSA) is 118 Å². The smallest absolute Gasteiger partial charge is 0.406 e. The van der Waals surface area contributed by atoms with Crippen LogP contribution in [0.4, 0.5) is 24.7 Å². The Morgan fingerprint density at radius 1 is 1.15 bits per heavy atom. The molecule has 0 bridgehead atoms. The van der Waals surface area contributed by atoms with Gasteiger partial charge in [-0.15, -0.1) is 18.3 Å². The van der Waals surface area contributed by atoms with E-state index in [4.69, 9.17) is 5.73 Å². The van der Waals surface area contributed by atoms with Crippen molar-refractivity contribution in [3.05, 3.63) is 83.6 Å². The average Bonchev–Trinajstić information content (AvgIpc) is 3.28. The van der Waals surface area contributed by atoms with Gasteiger partial charge in [0.2, 0.25) is 5.91 Å². The lowest BCUT2D eigenvalue weighted by Crippen LogP contribution is -2.30. The molecule has 1 aliphatic rings. The Morgan fingerprint density at radius 2 is 1.90 bits per heavy atom. The van der Waals surface area contributed by atoms with Crippen LogP contribution in [-0.4, -0.2) is 46.6 Å². The van der Waals surface area contributed by atoms with Crippen molar-refractivity contribution in [1.29, 1.82) is 0 Å². The maximum absolute atomic E-state index is 12.5. The molecule has 200 valence electrons. The van der Waals surface area contributed by atoms with Crippen LogP contribution in [0.5, 0.6) is 5.75 Å². The monoisotopic (exact) mass is 553 g/mol. The van der Waals surface area contributed by atoms with Gasteiger partial charge in [0.15, 0.2) is 5.17 Å². The minimum absolute atomic E-state index is 0.0995. The highest BCUT2D eigenvalue weighted by Gasteiger charge is 2.32. The third kappa shape index (κ3) is 7.51. The lowest BCUT2D eigenvalue weighted by molar-refractivity contribution is -0.274. The number of carbonyl (C=O) groups excluding carboxylic acids is 1. The zero-order chi connectivity index (χ0) is 27.8. The molecule has 1 saturated heterocycles. The van der Waals surface area contributed by atoms with Crippen LogP contribution >= 0.6 is 11.8 Å². The number of amidine groups is 2. The van der Waals surface area contributed by atoms with Crippen molar-refractivity contribution in [2.45, 2.75) is 19.7 Å². The van der Waals surface area contributed by atoms with E-state index in [1.54, 1.807) is 36.7 Å². The van der Waals surface area contributed by atoms with Gasteiger partial charge in [-0.3, -0.25) is 4.79 Å². The van der Waals surface area contributed by atoms with Crippen LogP contribution in [0.15, 0.2) is 87.0 Å². The molecule has 0 atom stereocenters. The highest BCUT2D eigenvalue weighted by molar-refractivity contribution is 8.15. The maximum atomic E-state index is 12.5. The SMILES string of the molecule is CCc1cccnc1N1C(=O)CS/C1=N\N=C\c1ccc(C(N)=NC=Nc2ccc(OC(F)(F)F)cc2)cc1. The summed E-state index contributed by atoms with van der Waals surface area (Å²) < 4.78 is 40.5. The molecule has 0 spiro atoms. The van der Waals surface area contributed by atoms with Crippen LogP contribution < -0.4 is 15.4 Å². The Morgan fingerprint density at radius 3 is 2.59 bits per heavy atom. The van der Waals surface area contributed by atoms with Gasteiger partial charge in [0, 0.05) is 11.8 Å². The van der Waals surface area contributed by atoms with Crippen LogP contribution in [0.2, 0.25) is 0 Å². The summed E-state index contributed by atoms with van der Waals surface area (Å²) in [5.41, 5.74) is 8.70. The molecule has 13 heteroatoms. The normalized spacial score (nSPS) is 15.7. The third-order valence-electron chi connectivity index (χ3n) is 5.26. The van der Waals surface area contributed by atoms with Gasteiger partial charge in [-0.05, 0) is 47.9 Å². The molecule has 2 aromatic carbocycles. The number of pyridine rings is 1. The minimum Gasteiger partial charge on any atom is -0.406 e. The van der Waals surface area contributed by atoms with Gasteiger partial charge in [0.25, 0.3) is 0 Å². The number of alkyl halides is 3.